The summed E-state index contributed by atoms with van der Waals surface area (Å²) in [4.78, 5) is 68.6. The maximum atomic E-state index is 13.8. The van der Waals surface area contributed by atoms with E-state index in [1.54, 1.807) is 19.9 Å². The molecular weight excluding hydrogens is 662 g/mol. The number of aliphatic hydroxyl groups excluding tert-OH is 1. The van der Waals surface area contributed by atoms with E-state index in [4.69, 9.17) is 9.47 Å². The first-order valence-corrected chi connectivity index (χ1v) is 19.4. The molecule has 10 nitrogen and oxygen atoms in total. The van der Waals surface area contributed by atoms with Gasteiger partial charge in [-0.2, -0.15) is 0 Å². The van der Waals surface area contributed by atoms with Gasteiger partial charge in [0.2, 0.25) is 5.79 Å². The third-order valence-electron chi connectivity index (χ3n) is 11.2. The average Bonchev–Trinajstić information content (AvgIpc) is 3.12. The Morgan fingerprint density at radius 1 is 0.962 bits per heavy atom. The average molecular weight is 726 g/mol. The first-order valence-electron chi connectivity index (χ1n) is 19.4. The number of rotatable bonds is 2. The largest absolute Gasteiger partial charge is 0.460 e. The molecule has 3 aliphatic rings. The SMILES string of the molecule is CC[C@@H](C)[C@@H]1CC(=O)C/C=C(\C)[C@@H](O)CC(=O)[C@H](C)C[C@H](C)/C=C/C=C/C=C(\C)CCC2CC[C@@H](C)[C@@](O)(O2)C(=O)C(=O)N2CCCC[C@H]2C(=O)O1. The van der Waals surface area contributed by atoms with Crippen molar-refractivity contribution in [3.8, 4) is 0 Å². The highest BCUT2D eigenvalue weighted by atomic mass is 16.6. The number of hydrogen-bond acceptors (Lipinski definition) is 9. The molecule has 3 heterocycles. The lowest BCUT2D eigenvalue weighted by atomic mass is 9.85. The van der Waals surface area contributed by atoms with Crippen LogP contribution in [-0.2, 0) is 33.4 Å². The Morgan fingerprint density at radius 2 is 1.69 bits per heavy atom. The number of ether oxygens (including phenoxy) is 2. The van der Waals surface area contributed by atoms with E-state index in [-0.39, 0.29) is 55.1 Å². The summed E-state index contributed by atoms with van der Waals surface area (Å²) in [6.45, 7) is 13.3. The zero-order valence-corrected chi connectivity index (χ0v) is 32.5. The molecule has 0 aromatic carbocycles. The third kappa shape index (κ3) is 12.2. The fourth-order valence-electron chi connectivity index (χ4n) is 7.14. The number of esters is 1. The maximum absolute atomic E-state index is 13.8. The molecule has 0 aliphatic carbocycles. The van der Waals surface area contributed by atoms with Gasteiger partial charge < -0.3 is 24.6 Å². The zero-order chi connectivity index (χ0) is 38.6. The minimum atomic E-state index is -2.31. The van der Waals surface area contributed by atoms with Crippen molar-refractivity contribution >= 4 is 29.2 Å². The van der Waals surface area contributed by atoms with Gasteiger partial charge in [-0.3, -0.25) is 19.2 Å². The summed E-state index contributed by atoms with van der Waals surface area (Å²) in [5.41, 5.74) is 1.62. The molecule has 1 unspecified atom stereocenters. The number of nitrogens with zero attached hydrogens (tertiary/aromatic N) is 1. The fourth-order valence-corrected chi connectivity index (χ4v) is 7.14. The predicted octanol–water partition coefficient (Wildman–Crippen LogP) is 6.53. The second-order valence-electron chi connectivity index (χ2n) is 15.6. The number of hydrogen-bond donors (Lipinski definition) is 2. The molecule has 0 aromatic rings. The Morgan fingerprint density at radius 3 is 2.40 bits per heavy atom. The molecule has 52 heavy (non-hydrogen) atoms. The summed E-state index contributed by atoms with van der Waals surface area (Å²) in [5.74, 6) is -6.14. The second kappa shape index (κ2) is 20.3. The van der Waals surface area contributed by atoms with Crippen LogP contribution < -0.4 is 0 Å². The van der Waals surface area contributed by atoms with Crippen LogP contribution in [0.25, 0.3) is 0 Å². The van der Waals surface area contributed by atoms with Crippen LogP contribution in [0.3, 0.4) is 0 Å². The number of carbonyl (C=O) groups is 5. The van der Waals surface area contributed by atoms with Crippen LogP contribution in [0.4, 0.5) is 0 Å². The number of amides is 1. The van der Waals surface area contributed by atoms with Gasteiger partial charge in [0.25, 0.3) is 11.7 Å². The van der Waals surface area contributed by atoms with Gasteiger partial charge in [-0.25, -0.2) is 4.79 Å². The predicted molar refractivity (Wildman–Crippen MR) is 200 cm³/mol. The van der Waals surface area contributed by atoms with E-state index in [0.717, 1.165) is 5.57 Å². The lowest BCUT2D eigenvalue weighted by molar-refractivity contribution is -0.263. The molecule has 2 N–H and O–H groups in total. The van der Waals surface area contributed by atoms with Crippen molar-refractivity contribution in [1.82, 2.24) is 4.90 Å². The van der Waals surface area contributed by atoms with Crippen molar-refractivity contribution in [2.24, 2.45) is 23.7 Å². The van der Waals surface area contributed by atoms with Gasteiger partial charge >= 0.3 is 5.97 Å². The smallest absolute Gasteiger partial charge is 0.329 e. The summed E-state index contributed by atoms with van der Waals surface area (Å²) in [5, 5.41) is 22.4. The molecule has 3 rings (SSSR count). The van der Waals surface area contributed by atoms with Crippen LogP contribution in [0, 0.1) is 23.7 Å². The number of piperidine rings is 1. The number of Topliss-reactive ketones (excluding diaryl/α,β-unsaturated/α-hetero) is 3. The Labute approximate surface area is 310 Å². The van der Waals surface area contributed by atoms with Crippen LogP contribution in [0.5, 0.6) is 0 Å². The van der Waals surface area contributed by atoms with Crippen LogP contribution in [0.1, 0.15) is 126 Å². The molecule has 9 atom stereocenters. The van der Waals surface area contributed by atoms with Crippen molar-refractivity contribution in [2.75, 3.05) is 6.54 Å². The Balaban J connectivity index is 1.89. The highest BCUT2D eigenvalue weighted by Gasteiger charge is 2.52. The molecule has 0 spiro atoms. The highest BCUT2D eigenvalue weighted by Crippen LogP contribution is 2.36. The number of fused-ring (bicyclic) bond motifs is 3. The summed E-state index contributed by atoms with van der Waals surface area (Å²) >= 11 is 0. The van der Waals surface area contributed by atoms with Crippen LogP contribution in [0.15, 0.2) is 47.6 Å². The van der Waals surface area contributed by atoms with E-state index < -0.39 is 53.7 Å². The molecule has 3 aliphatic heterocycles. The normalized spacial score (nSPS) is 37.1. The summed E-state index contributed by atoms with van der Waals surface area (Å²) in [6, 6.07) is -1.03. The Hall–Kier alpha value is -3.21. The van der Waals surface area contributed by atoms with Gasteiger partial charge in [0.1, 0.15) is 23.7 Å². The van der Waals surface area contributed by atoms with Crippen molar-refractivity contribution in [3.63, 3.8) is 0 Å². The van der Waals surface area contributed by atoms with E-state index in [0.29, 0.717) is 63.4 Å². The first-order chi connectivity index (χ1) is 24.6. The number of allylic oxidation sites excluding steroid dienone is 7. The van der Waals surface area contributed by atoms with Crippen LogP contribution in [0.2, 0.25) is 0 Å². The van der Waals surface area contributed by atoms with Gasteiger partial charge in [-0.15, -0.1) is 0 Å². The van der Waals surface area contributed by atoms with E-state index in [1.165, 1.54) is 4.90 Å². The van der Waals surface area contributed by atoms with Gasteiger partial charge in [-0.1, -0.05) is 83.1 Å². The maximum Gasteiger partial charge on any atom is 0.329 e. The molecule has 2 fully saturated rings. The second-order valence-corrected chi connectivity index (χ2v) is 15.6. The van der Waals surface area contributed by atoms with E-state index in [1.807, 2.05) is 65.0 Å². The van der Waals surface area contributed by atoms with Gasteiger partial charge in [-0.05, 0) is 82.6 Å². The Kier molecular flexibility index (Phi) is 16.9. The van der Waals surface area contributed by atoms with Crippen molar-refractivity contribution < 1.29 is 43.7 Å². The lowest BCUT2D eigenvalue weighted by Crippen LogP contribution is -2.60. The molecular formula is C42H63NO9. The molecule has 10 heteroatoms. The number of cyclic esters (lactones) is 1. The monoisotopic (exact) mass is 725 g/mol. The fraction of sp³-hybridized carbons (Fsp3) is 0.690. The van der Waals surface area contributed by atoms with Crippen molar-refractivity contribution in [2.45, 2.75) is 156 Å². The van der Waals surface area contributed by atoms with E-state index >= 15 is 0 Å². The molecule has 1 amide bonds. The molecule has 2 saturated heterocycles. The van der Waals surface area contributed by atoms with E-state index in [9.17, 15) is 34.2 Å². The first kappa shape index (κ1) is 43.2. The van der Waals surface area contributed by atoms with Crippen molar-refractivity contribution in [1.29, 1.82) is 0 Å². The minimum Gasteiger partial charge on any atom is -0.460 e. The highest BCUT2D eigenvalue weighted by molar-refractivity contribution is 6.39. The lowest BCUT2D eigenvalue weighted by Gasteiger charge is -2.42. The summed E-state index contributed by atoms with van der Waals surface area (Å²) < 4.78 is 12.0. The number of ketones is 3. The van der Waals surface area contributed by atoms with E-state index in [2.05, 4.69) is 0 Å². The van der Waals surface area contributed by atoms with Crippen LogP contribution in [-0.4, -0.2) is 81.0 Å². The van der Waals surface area contributed by atoms with Gasteiger partial charge in [0.15, 0.2) is 0 Å². The van der Waals surface area contributed by atoms with Gasteiger partial charge in [0, 0.05) is 37.6 Å². The standard InChI is InChI=1S/C42H63NO9/c1-8-29(4)38-25-33(44)20-18-30(5)36(45)26-37(46)31(6)24-28(3)15-11-9-10-14-27(2)17-21-34-22-19-32(7)42(50,52-34)39(47)40(48)43-23-13-12-16-35(43)41(49)51-38/h9-11,14-15,18,28-29,31-32,34-36,38,45,50H,8,12-13,16-17,19-26H2,1-7H3/b10-9+,15-11+,27-14+,30-18+/t28-,29-,31-,32-,34?,35+,36+,38+,42-/m1/s1. The van der Waals surface area contributed by atoms with Gasteiger partial charge in [0.05, 0.1) is 12.2 Å². The quantitative estimate of drug-likeness (QED) is 0.184. The third-order valence-corrected chi connectivity index (χ3v) is 11.2. The molecule has 2 bridgehead atoms. The molecule has 290 valence electrons. The zero-order valence-electron chi connectivity index (χ0n) is 32.5. The number of carbonyl (C=O) groups excluding carboxylic acids is 5. The van der Waals surface area contributed by atoms with Crippen LogP contribution >= 0.6 is 0 Å². The molecule has 0 saturated carbocycles. The summed E-state index contributed by atoms with van der Waals surface area (Å²) in [6.07, 6.45) is 14.4. The molecule has 0 radical (unpaired) electrons. The molecule has 0 aromatic heterocycles. The van der Waals surface area contributed by atoms with Crippen molar-refractivity contribution in [3.05, 3.63) is 47.6 Å². The Bertz CT molecular complexity index is 1400. The number of aliphatic hydroxyl groups is 2. The minimum absolute atomic E-state index is 0.00147. The summed E-state index contributed by atoms with van der Waals surface area (Å²) in [7, 11) is 0. The topological polar surface area (TPSA) is 148 Å².